The van der Waals surface area contributed by atoms with Crippen LogP contribution in [0.1, 0.15) is 39.5 Å². The predicted octanol–water partition coefficient (Wildman–Crippen LogP) is 2.85. The fraction of sp³-hybridized carbons (Fsp3) is 1.00. The van der Waals surface area contributed by atoms with Crippen molar-refractivity contribution in [3.05, 3.63) is 0 Å². The fourth-order valence-corrected chi connectivity index (χ4v) is 4.41. The summed E-state index contributed by atoms with van der Waals surface area (Å²) in [6.07, 6.45) is 6.25. The summed E-state index contributed by atoms with van der Waals surface area (Å²) in [6, 6.07) is 0. The molecule has 0 aromatic carbocycles. The second-order valence-corrected chi connectivity index (χ2v) is 5.25. The smallest absolute Gasteiger partial charge is 0.0639 e. The SMILES string of the molecule is CCCOC1C2CC3C1C3(CC)C2. The van der Waals surface area contributed by atoms with Gasteiger partial charge in [0.1, 0.15) is 0 Å². The van der Waals surface area contributed by atoms with Crippen LogP contribution in [0.5, 0.6) is 0 Å². The molecular weight excluding hydrogens is 160 g/mol. The fourth-order valence-electron chi connectivity index (χ4n) is 4.41. The van der Waals surface area contributed by atoms with Crippen LogP contribution < -0.4 is 0 Å². The molecular formula is C12H20O. The first-order valence-electron chi connectivity index (χ1n) is 5.95. The predicted molar refractivity (Wildman–Crippen MR) is 52.5 cm³/mol. The van der Waals surface area contributed by atoms with Crippen LogP contribution in [0.15, 0.2) is 0 Å². The quantitative estimate of drug-likeness (QED) is 0.646. The first kappa shape index (κ1) is 8.28. The van der Waals surface area contributed by atoms with Gasteiger partial charge in [0.25, 0.3) is 0 Å². The Balaban J connectivity index is 1.70. The maximum Gasteiger partial charge on any atom is 0.0639 e. The third kappa shape index (κ3) is 0.823. The molecule has 0 N–H and O–H groups in total. The Labute approximate surface area is 80.8 Å². The lowest BCUT2D eigenvalue weighted by molar-refractivity contribution is 0.0273. The molecule has 4 bridgehead atoms. The van der Waals surface area contributed by atoms with Gasteiger partial charge in [0.05, 0.1) is 6.10 Å². The Morgan fingerprint density at radius 2 is 2.23 bits per heavy atom. The van der Waals surface area contributed by atoms with Crippen LogP contribution in [-0.2, 0) is 4.74 Å². The lowest BCUT2D eigenvalue weighted by atomic mass is 10.0. The van der Waals surface area contributed by atoms with Crippen LogP contribution in [0, 0.1) is 23.2 Å². The van der Waals surface area contributed by atoms with Crippen molar-refractivity contribution < 1.29 is 4.74 Å². The molecule has 1 heteroatoms. The molecule has 0 aromatic heterocycles. The molecule has 0 spiro atoms. The van der Waals surface area contributed by atoms with Crippen molar-refractivity contribution in [2.45, 2.75) is 45.6 Å². The Hall–Kier alpha value is -0.0400. The van der Waals surface area contributed by atoms with Crippen LogP contribution in [0.4, 0.5) is 0 Å². The molecule has 0 aliphatic heterocycles. The van der Waals surface area contributed by atoms with Gasteiger partial charge in [-0.1, -0.05) is 13.8 Å². The highest BCUT2D eigenvalue weighted by molar-refractivity contribution is 5.26. The molecule has 4 aliphatic rings. The van der Waals surface area contributed by atoms with Crippen molar-refractivity contribution in [2.24, 2.45) is 23.2 Å². The summed E-state index contributed by atoms with van der Waals surface area (Å²) >= 11 is 0. The van der Waals surface area contributed by atoms with Gasteiger partial charge >= 0.3 is 0 Å². The van der Waals surface area contributed by atoms with Gasteiger partial charge in [0, 0.05) is 6.61 Å². The summed E-state index contributed by atoms with van der Waals surface area (Å²) in [7, 11) is 0. The van der Waals surface area contributed by atoms with E-state index in [0.29, 0.717) is 6.10 Å². The van der Waals surface area contributed by atoms with Gasteiger partial charge in [-0.3, -0.25) is 0 Å². The number of ether oxygens (including phenoxy) is 1. The zero-order valence-corrected chi connectivity index (χ0v) is 8.75. The summed E-state index contributed by atoms with van der Waals surface area (Å²) in [5.41, 5.74) is 0.781. The molecule has 5 atom stereocenters. The largest absolute Gasteiger partial charge is 0.378 e. The summed E-state index contributed by atoms with van der Waals surface area (Å²) < 4.78 is 5.99. The molecule has 4 aliphatic carbocycles. The molecule has 1 nitrogen and oxygen atoms in total. The standard InChI is InChI=1S/C12H20O/c1-3-5-13-11-8-6-9-10(11)12(9,4-2)7-8/h8-11H,3-7H2,1-2H3. The van der Waals surface area contributed by atoms with Gasteiger partial charge in [-0.25, -0.2) is 0 Å². The van der Waals surface area contributed by atoms with Crippen LogP contribution in [0.2, 0.25) is 0 Å². The lowest BCUT2D eigenvalue weighted by Crippen LogP contribution is -2.17. The Morgan fingerprint density at radius 1 is 1.38 bits per heavy atom. The van der Waals surface area contributed by atoms with E-state index in [4.69, 9.17) is 4.74 Å². The molecule has 0 saturated heterocycles. The van der Waals surface area contributed by atoms with E-state index in [1.165, 1.54) is 25.7 Å². The molecule has 74 valence electrons. The molecule has 13 heavy (non-hydrogen) atoms. The van der Waals surface area contributed by atoms with E-state index in [9.17, 15) is 0 Å². The van der Waals surface area contributed by atoms with Gasteiger partial charge in [-0.05, 0) is 48.9 Å². The highest BCUT2D eigenvalue weighted by Gasteiger charge is 2.77. The molecule has 0 amide bonds. The number of hydrogen-bond acceptors (Lipinski definition) is 1. The minimum Gasteiger partial charge on any atom is -0.378 e. The lowest BCUT2D eigenvalue weighted by Gasteiger charge is -2.14. The van der Waals surface area contributed by atoms with Crippen molar-refractivity contribution in [3.8, 4) is 0 Å². The van der Waals surface area contributed by atoms with Crippen LogP contribution >= 0.6 is 0 Å². The second kappa shape index (κ2) is 2.50. The van der Waals surface area contributed by atoms with E-state index in [-0.39, 0.29) is 0 Å². The van der Waals surface area contributed by atoms with Crippen molar-refractivity contribution in [1.29, 1.82) is 0 Å². The maximum atomic E-state index is 5.99. The van der Waals surface area contributed by atoms with Gasteiger partial charge < -0.3 is 4.74 Å². The number of rotatable bonds is 4. The van der Waals surface area contributed by atoms with E-state index < -0.39 is 0 Å². The highest BCUT2D eigenvalue weighted by Crippen LogP contribution is 2.80. The Kier molecular flexibility index (Phi) is 1.59. The van der Waals surface area contributed by atoms with E-state index >= 15 is 0 Å². The van der Waals surface area contributed by atoms with Gasteiger partial charge in [0.2, 0.25) is 0 Å². The van der Waals surface area contributed by atoms with Gasteiger partial charge in [-0.2, -0.15) is 0 Å². The monoisotopic (exact) mass is 180 g/mol. The summed E-state index contributed by atoms with van der Waals surface area (Å²) in [5.74, 6) is 3.00. The first-order chi connectivity index (χ1) is 6.33. The van der Waals surface area contributed by atoms with E-state index in [1.807, 2.05) is 0 Å². The summed E-state index contributed by atoms with van der Waals surface area (Å²) in [4.78, 5) is 0. The maximum absolute atomic E-state index is 5.99. The minimum absolute atomic E-state index is 0.671. The van der Waals surface area contributed by atoms with Crippen LogP contribution in [0.3, 0.4) is 0 Å². The minimum atomic E-state index is 0.671. The normalized spacial score (nSPS) is 55.8. The molecule has 4 rings (SSSR count). The average molecular weight is 180 g/mol. The topological polar surface area (TPSA) is 9.23 Å². The third-order valence-electron chi connectivity index (χ3n) is 4.92. The Bertz CT molecular complexity index is 225. The van der Waals surface area contributed by atoms with Gasteiger partial charge in [-0.15, -0.1) is 0 Å². The van der Waals surface area contributed by atoms with Crippen molar-refractivity contribution >= 4 is 0 Å². The van der Waals surface area contributed by atoms with E-state index in [0.717, 1.165) is 29.8 Å². The highest BCUT2D eigenvalue weighted by atomic mass is 16.5. The zero-order chi connectivity index (χ0) is 9.05. The molecule has 5 unspecified atom stereocenters. The summed E-state index contributed by atoms with van der Waals surface area (Å²) in [5, 5.41) is 0. The molecule has 4 fully saturated rings. The first-order valence-corrected chi connectivity index (χ1v) is 5.95. The molecule has 4 saturated carbocycles. The van der Waals surface area contributed by atoms with Crippen molar-refractivity contribution in [3.63, 3.8) is 0 Å². The van der Waals surface area contributed by atoms with Gasteiger partial charge in [0.15, 0.2) is 0 Å². The van der Waals surface area contributed by atoms with Crippen LogP contribution in [-0.4, -0.2) is 12.7 Å². The Morgan fingerprint density at radius 3 is 2.77 bits per heavy atom. The number of hydrogen-bond donors (Lipinski definition) is 0. The summed E-state index contributed by atoms with van der Waals surface area (Å²) in [6.45, 7) is 5.57. The molecule has 0 heterocycles. The zero-order valence-electron chi connectivity index (χ0n) is 8.75. The molecule has 0 aromatic rings. The second-order valence-electron chi connectivity index (χ2n) is 5.25. The van der Waals surface area contributed by atoms with Crippen LogP contribution in [0.25, 0.3) is 0 Å². The third-order valence-corrected chi connectivity index (χ3v) is 4.92. The average Bonchev–Trinajstić information content (AvgIpc) is 2.59. The van der Waals surface area contributed by atoms with Crippen molar-refractivity contribution in [1.82, 2.24) is 0 Å². The van der Waals surface area contributed by atoms with E-state index in [2.05, 4.69) is 13.8 Å². The van der Waals surface area contributed by atoms with Crippen molar-refractivity contribution in [2.75, 3.05) is 6.61 Å². The molecule has 0 radical (unpaired) electrons. The van der Waals surface area contributed by atoms with E-state index in [1.54, 1.807) is 0 Å².